The lowest BCUT2D eigenvalue weighted by atomic mass is 10.3. The lowest BCUT2D eigenvalue weighted by molar-refractivity contribution is 0.0124. The van der Waals surface area contributed by atoms with Crippen LogP contribution < -0.4 is 5.43 Å². The zero-order chi connectivity index (χ0) is 10.7. The second kappa shape index (κ2) is 4.41. The van der Waals surface area contributed by atoms with Gasteiger partial charge in [0, 0.05) is 19.3 Å². The molecule has 0 atom stereocenters. The molecule has 0 saturated carbocycles. The highest BCUT2D eigenvalue weighted by Crippen LogP contribution is 2.02. The minimum absolute atomic E-state index is 0.171. The summed E-state index contributed by atoms with van der Waals surface area (Å²) in [7, 11) is 0. The third-order valence-corrected chi connectivity index (χ3v) is 2.32. The van der Waals surface area contributed by atoms with Gasteiger partial charge in [0.1, 0.15) is 0 Å². The predicted molar refractivity (Wildman–Crippen MR) is 53.2 cm³/mol. The molecule has 1 fully saturated rings. The first-order chi connectivity index (χ1) is 7.27. The van der Waals surface area contributed by atoms with E-state index in [9.17, 15) is 4.79 Å². The third kappa shape index (κ3) is 2.34. The van der Waals surface area contributed by atoms with Crippen molar-refractivity contribution in [3.8, 4) is 0 Å². The largest absolute Gasteiger partial charge is 0.379 e. The van der Waals surface area contributed by atoms with Crippen LogP contribution in [0.5, 0.6) is 0 Å². The molecule has 82 valence electrons. The lowest BCUT2D eigenvalue weighted by Crippen LogP contribution is -2.48. The Hall–Kier alpha value is -1.40. The van der Waals surface area contributed by atoms with E-state index >= 15 is 0 Å². The number of amides is 1. The van der Waals surface area contributed by atoms with Crippen LogP contribution in [0.4, 0.5) is 0 Å². The summed E-state index contributed by atoms with van der Waals surface area (Å²) in [5, 5.41) is 8.40. The van der Waals surface area contributed by atoms with E-state index in [4.69, 9.17) is 4.74 Å². The third-order valence-electron chi connectivity index (χ3n) is 2.32. The molecule has 2 N–H and O–H groups in total. The second-order valence-electron chi connectivity index (χ2n) is 3.46. The summed E-state index contributed by atoms with van der Waals surface area (Å²) in [4.78, 5) is 11.7. The molecule has 1 saturated heterocycles. The highest BCUT2D eigenvalue weighted by atomic mass is 16.5. The Morgan fingerprint density at radius 2 is 2.33 bits per heavy atom. The van der Waals surface area contributed by atoms with Crippen molar-refractivity contribution in [2.45, 2.75) is 6.92 Å². The zero-order valence-electron chi connectivity index (χ0n) is 8.62. The van der Waals surface area contributed by atoms with Gasteiger partial charge in [0.15, 0.2) is 5.69 Å². The first kappa shape index (κ1) is 10.1. The van der Waals surface area contributed by atoms with Crippen molar-refractivity contribution in [3.63, 3.8) is 0 Å². The Labute approximate surface area is 87.6 Å². The molecular weight excluding hydrogens is 196 g/mol. The number of nitrogens with one attached hydrogen (secondary N) is 2. The number of aromatic nitrogens is 2. The first-order valence-corrected chi connectivity index (χ1v) is 4.91. The van der Waals surface area contributed by atoms with E-state index in [2.05, 4.69) is 15.6 Å². The number of H-pyrrole nitrogens is 1. The SMILES string of the molecule is Cc1c[nH]nc1C(=O)NN1CCOCC1. The Balaban J connectivity index is 1.94. The minimum atomic E-state index is -0.171. The molecule has 0 bridgehead atoms. The quantitative estimate of drug-likeness (QED) is 0.702. The summed E-state index contributed by atoms with van der Waals surface area (Å²) in [6.07, 6.45) is 1.70. The molecule has 6 heteroatoms. The number of hydrazine groups is 1. The van der Waals surface area contributed by atoms with E-state index in [0.29, 0.717) is 18.9 Å². The van der Waals surface area contributed by atoms with Gasteiger partial charge in [0.2, 0.25) is 0 Å². The Morgan fingerprint density at radius 3 is 2.93 bits per heavy atom. The Bertz CT molecular complexity index is 344. The molecule has 6 nitrogen and oxygen atoms in total. The number of carbonyl (C=O) groups excluding carboxylic acids is 1. The standard InChI is InChI=1S/C9H14N4O2/c1-7-6-10-11-8(7)9(14)12-13-2-4-15-5-3-13/h6H,2-5H2,1H3,(H,10,11)(H,12,14). The molecule has 15 heavy (non-hydrogen) atoms. The van der Waals surface area contributed by atoms with Crippen LogP contribution in [0.3, 0.4) is 0 Å². The smallest absolute Gasteiger partial charge is 0.286 e. The van der Waals surface area contributed by atoms with Gasteiger partial charge in [-0.2, -0.15) is 5.10 Å². The summed E-state index contributed by atoms with van der Waals surface area (Å²) in [6.45, 7) is 4.59. The molecular formula is C9H14N4O2. The number of aromatic amines is 1. The normalized spacial score (nSPS) is 17.7. The maximum absolute atomic E-state index is 11.7. The molecule has 1 amide bonds. The van der Waals surface area contributed by atoms with Gasteiger partial charge in [-0.1, -0.05) is 0 Å². The zero-order valence-corrected chi connectivity index (χ0v) is 8.62. The number of carbonyl (C=O) groups is 1. The monoisotopic (exact) mass is 210 g/mol. The van der Waals surface area contributed by atoms with Crippen molar-refractivity contribution < 1.29 is 9.53 Å². The van der Waals surface area contributed by atoms with Gasteiger partial charge in [-0.05, 0) is 12.5 Å². The molecule has 1 aromatic rings. The summed E-state index contributed by atoms with van der Waals surface area (Å²) < 4.78 is 5.18. The van der Waals surface area contributed by atoms with Gasteiger partial charge >= 0.3 is 0 Å². The number of hydrogen-bond acceptors (Lipinski definition) is 4. The molecule has 1 aromatic heterocycles. The van der Waals surface area contributed by atoms with E-state index in [0.717, 1.165) is 18.7 Å². The van der Waals surface area contributed by atoms with Crippen LogP contribution >= 0.6 is 0 Å². The van der Waals surface area contributed by atoms with Crippen LogP contribution in [-0.4, -0.2) is 47.4 Å². The molecule has 0 radical (unpaired) electrons. The topological polar surface area (TPSA) is 70.2 Å². The fraction of sp³-hybridized carbons (Fsp3) is 0.556. The van der Waals surface area contributed by atoms with Crippen LogP contribution in [-0.2, 0) is 4.74 Å². The highest BCUT2D eigenvalue weighted by Gasteiger charge is 2.17. The van der Waals surface area contributed by atoms with E-state index in [1.165, 1.54) is 0 Å². The average Bonchev–Trinajstić information content (AvgIpc) is 2.66. The van der Waals surface area contributed by atoms with Crippen LogP contribution in [0.2, 0.25) is 0 Å². The van der Waals surface area contributed by atoms with Gasteiger partial charge in [-0.3, -0.25) is 15.3 Å². The summed E-state index contributed by atoms with van der Waals surface area (Å²) in [5.74, 6) is -0.171. The van der Waals surface area contributed by atoms with Gasteiger partial charge in [0.05, 0.1) is 13.2 Å². The predicted octanol–water partition coefficient (Wildman–Crippen LogP) is -0.305. The van der Waals surface area contributed by atoms with Crippen molar-refractivity contribution in [2.24, 2.45) is 0 Å². The number of nitrogens with zero attached hydrogens (tertiary/aromatic N) is 2. The van der Waals surface area contributed by atoms with Crippen LogP contribution in [0.25, 0.3) is 0 Å². The van der Waals surface area contributed by atoms with E-state index in [1.807, 2.05) is 11.9 Å². The summed E-state index contributed by atoms with van der Waals surface area (Å²) in [5.41, 5.74) is 4.09. The number of rotatable bonds is 2. The van der Waals surface area contributed by atoms with E-state index in [1.54, 1.807) is 6.20 Å². The Kier molecular flexibility index (Phi) is 2.98. The second-order valence-corrected chi connectivity index (χ2v) is 3.46. The number of hydrogen-bond donors (Lipinski definition) is 2. The minimum Gasteiger partial charge on any atom is -0.379 e. The van der Waals surface area contributed by atoms with Crippen molar-refractivity contribution in [1.82, 2.24) is 20.6 Å². The van der Waals surface area contributed by atoms with Crippen LogP contribution in [0, 0.1) is 6.92 Å². The highest BCUT2D eigenvalue weighted by molar-refractivity contribution is 5.93. The molecule has 0 aromatic carbocycles. The molecule has 2 rings (SSSR count). The summed E-state index contributed by atoms with van der Waals surface area (Å²) >= 11 is 0. The summed E-state index contributed by atoms with van der Waals surface area (Å²) in [6, 6.07) is 0. The number of morpholine rings is 1. The van der Waals surface area contributed by atoms with Crippen molar-refractivity contribution in [3.05, 3.63) is 17.5 Å². The molecule has 1 aliphatic rings. The van der Waals surface area contributed by atoms with Gasteiger partial charge in [-0.25, -0.2) is 5.01 Å². The fourth-order valence-corrected chi connectivity index (χ4v) is 1.45. The molecule has 0 aliphatic carbocycles. The molecule has 2 heterocycles. The molecule has 1 aliphatic heterocycles. The fourth-order valence-electron chi connectivity index (χ4n) is 1.45. The lowest BCUT2D eigenvalue weighted by Gasteiger charge is -2.26. The number of aryl methyl sites for hydroxylation is 1. The Morgan fingerprint density at radius 1 is 1.60 bits per heavy atom. The van der Waals surface area contributed by atoms with Gasteiger partial charge in [-0.15, -0.1) is 0 Å². The van der Waals surface area contributed by atoms with Crippen molar-refractivity contribution in [2.75, 3.05) is 26.3 Å². The average molecular weight is 210 g/mol. The van der Waals surface area contributed by atoms with Crippen LogP contribution in [0.1, 0.15) is 16.1 Å². The first-order valence-electron chi connectivity index (χ1n) is 4.91. The van der Waals surface area contributed by atoms with Crippen molar-refractivity contribution >= 4 is 5.91 Å². The van der Waals surface area contributed by atoms with Gasteiger partial charge < -0.3 is 4.74 Å². The number of ether oxygens (including phenoxy) is 1. The van der Waals surface area contributed by atoms with E-state index < -0.39 is 0 Å². The maximum atomic E-state index is 11.7. The van der Waals surface area contributed by atoms with E-state index in [-0.39, 0.29) is 5.91 Å². The van der Waals surface area contributed by atoms with Crippen molar-refractivity contribution in [1.29, 1.82) is 0 Å². The molecule has 0 spiro atoms. The van der Waals surface area contributed by atoms with Gasteiger partial charge in [0.25, 0.3) is 5.91 Å². The maximum Gasteiger partial charge on any atom is 0.286 e. The van der Waals surface area contributed by atoms with Crippen LogP contribution in [0.15, 0.2) is 6.20 Å². The molecule has 0 unspecified atom stereocenters.